The summed E-state index contributed by atoms with van der Waals surface area (Å²) in [4.78, 5) is 4.61. The molecule has 0 amide bonds. The zero-order chi connectivity index (χ0) is 15.3. The lowest BCUT2D eigenvalue weighted by molar-refractivity contribution is 0.153. The molecule has 2 N–H and O–H groups in total. The molecule has 0 bridgehead atoms. The average molecular weight is 305 g/mol. The first-order chi connectivity index (χ1) is 9.87. The van der Waals surface area contributed by atoms with Crippen molar-refractivity contribution in [2.75, 3.05) is 13.1 Å². The molecule has 21 heavy (non-hydrogen) atoms. The van der Waals surface area contributed by atoms with E-state index >= 15 is 0 Å². The van der Waals surface area contributed by atoms with Gasteiger partial charge in [-0.15, -0.1) is 0 Å². The van der Waals surface area contributed by atoms with E-state index in [1.54, 1.807) is 30.5 Å². The number of rotatable bonds is 3. The van der Waals surface area contributed by atoms with Crippen LogP contribution in [0.4, 0.5) is 0 Å². The number of pyridine rings is 1. The van der Waals surface area contributed by atoms with Gasteiger partial charge in [-0.3, -0.25) is 4.98 Å². The van der Waals surface area contributed by atoms with Gasteiger partial charge in [-0.1, -0.05) is 13.0 Å². The monoisotopic (exact) mass is 305 g/mol. The number of benzene rings is 1. The van der Waals surface area contributed by atoms with Gasteiger partial charge >= 0.3 is 0 Å². The zero-order valence-corrected chi connectivity index (χ0v) is 13.0. The smallest absolute Gasteiger partial charge is 0.243 e. The molecule has 1 aliphatic rings. The number of hydrogen-bond acceptors (Lipinski definition) is 4. The molecule has 0 radical (unpaired) electrons. The van der Waals surface area contributed by atoms with Crippen LogP contribution in [0.2, 0.25) is 0 Å². The summed E-state index contributed by atoms with van der Waals surface area (Å²) in [5.41, 5.74) is 7.40. The maximum atomic E-state index is 12.8. The van der Waals surface area contributed by atoms with Crippen molar-refractivity contribution < 1.29 is 8.42 Å². The number of aromatic nitrogens is 1. The molecule has 1 fully saturated rings. The Labute approximate surface area is 124 Å². The van der Waals surface area contributed by atoms with Gasteiger partial charge in [-0.2, -0.15) is 4.31 Å². The molecule has 2 aromatic rings. The molecule has 0 aliphatic carbocycles. The van der Waals surface area contributed by atoms with E-state index in [-0.39, 0.29) is 5.54 Å². The molecule has 0 unspecified atom stereocenters. The maximum Gasteiger partial charge on any atom is 0.243 e. The van der Waals surface area contributed by atoms with Crippen molar-refractivity contribution >= 4 is 20.9 Å². The summed E-state index contributed by atoms with van der Waals surface area (Å²) >= 11 is 0. The van der Waals surface area contributed by atoms with Crippen molar-refractivity contribution in [2.45, 2.75) is 30.7 Å². The third kappa shape index (κ3) is 2.23. The second kappa shape index (κ2) is 4.76. The van der Waals surface area contributed by atoms with Crippen molar-refractivity contribution in [3.05, 3.63) is 36.0 Å². The van der Waals surface area contributed by atoms with E-state index in [1.807, 2.05) is 13.8 Å². The van der Waals surface area contributed by atoms with Gasteiger partial charge in [0.05, 0.1) is 10.4 Å². The van der Waals surface area contributed by atoms with Crippen molar-refractivity contribution in [1.29, 1.82) is 0 Å². The van der Waals surface area contributed by atoms with Gasteiger partial charge < -0.3 is 5.73 Å². The molecule has 1 aromatic heterocycles. The van der Waals surface area contributed by atoms with Gasteiger partial charge in [0.1, 0.15) is 0 Å². The van der Waals surface area contributed by atoms with Crippen LogP contribution in [-0.4, -0.2) is 36.3 Å². The third-order valence-corrected chi connectivity index (χ3v) is 6.09. The van der Waals surface area contributed by atoms with Gasteiger partial charge in [-0.05, 0) is 37.1 Å². The Morgan fingerprint density at radius 1 is 1.33 bits per heavy atom. The second-order valence-electron chi connectivity index (χ2n) is 5.77. The highest BCUT2D eigenvalue weighted by Crippen LogP contribution is 2.32. The van der Waals surface area contributed by atoms with Crippen LogP contribution >= 0.6 is 0 Å². The topological polar surface area (TPSA) is 76.3 Å². The standard InChI is InChI=1S/C15H19N3O2S/c1-3-15(16)9-18(10-15)21(19,20)13-7-6-11(2)14-12(13)5-4-8-17-14/h4-8H,3,9-10,16H2,1-2H3. The maximum absolute atomic E-state index is 12.8. The molecule has 2 heterocycles. The minimum Gasteiger partial charge on any atom is -0.323 e. The van der Waals surface area contributed by atoms with Crippen LogP contribution in [0.5, 0.6) is 0 Å². The molecule has 112 valence electrons. The van der Waals surface area contributed by atoms with Gasteiger partial charge in [0, 0.05) is 30.2 Å². The molecule has 1 aromatic carbocycles. The first kappa shape index (κ1) is 14.4. The lowest BCUT2D eigenvalue weighted by Gasteiger charge is -2.46. The van der Waals surface area contributed by atoms with Gasteiger partial charge in [-0.25, -0.2) is 8.42 Å². The minimum atomic E-state index is -3.51. The van der Waals surface area contributed by atoms with Crippen LogP contribution in [0.3, 0.4) is 0 Å². The molecule has 1 aliphatic heterocycles. The number of sulfonamides is 1. The SMILES string of the molecule is CCC1(N)CN(S(=O)(=O)c2ccc(C)c3ncccc23)C1. The Kier molecular flexibility index (Phi) is 3.27. The van der Waals surface area contributed by atoms with Crippen molar-refractivity contribution in [1.82, 2.24) is 9.29 Å². The summed E-state index contributed by atoms with van der Waals surface area (Å²) < 4.78 is 27.0. The van der Waals surface area contributed by atoms with E-state index in [0.717, 1.165) is 17.5 Å². The van der Waals surface area contributed by atoms with E-state index in [0.29, 0.717) is 23.4 Å². The van der Waals surface area contributed by atoms with Crippen molar-refractivity contribution in [3.8, 4) is 0 Å². The van der Waals surface area contributed by atoms with E-state index in [1.165, 1.54) is 4.31 Å². The predicted octanol–water partition coefficient (Wildman–Crippen LogP) is 1.66. The predicted molar refractivity (Wildman–Crippen MR) is 82.4 cm³/mol. The number of fused-ring (bicyclic) bond motifs is 1. The summed E-state index contributed by atoms with van der Waals surface area (Å²) in [5, 5.41) is 0.670. The Morgan fingerprint density at radius 2 is 2.05 bits per heavy atom. The Hall–Kier alpha value is -1.50. The summed E-state index contributed by atoms with van der Waals surface area (Å²) in [7, 11) is -3.51. The second-order valence-corrected chi connectivity index (χ2v) is 7.68. The summed E-state index contributed by atoms with van der Waals surface area (Å²) in [6.45, 7) is 4.66. The normalized spacial score (nSPS) is 18.6. The van der Waals surface area contributed by atoms with E-state index in [4.69, 9.17) is 5.73 Å². The van der Waals surface area contributed by atoms with Crippen LogP contribution in [0.15, 0.2) is 35.4 Å². The molecule has 6 heteroatoms. The Balaban J connectivity index is 2.07. The van der Waals surface area contributed by atoms with Gasteiger partial charge in [0.2, 0.25) is 10.0 Å². The number of nitrogens with two attached hydrogens (primary N) is 1. The molecule has 0 atom stereocenters. The third-order valence-electron chi connectivity index (χ3n) is 4.24. The van der Waals surface area contributed by atoms with E-state index < -0.39 is 10.0 Å². The van der Waals surface area contributed by atoms with Crippen LogP contribution in [0, 0.1) is 6.92 Å². The number of nitrogens with zero attached hydrogens (tertiary/aromatic N) is 2. The molecule has 0 saturated carbocycles. The fourth-order valence-corrected chi connectivity index (χ4v) is 4.52. The quantitative estimate of drug-likeness (QED) is 0.935. The molecular formula is C15H19N3O2S. The van der Waals surface area contributed by atoms with Gasteiger partial charge in [0.15, 0.2) is 0 Å². The van der Waals surface area contributed by atoms with Gasteiger partial charge in [0.25, 0.3) is 0 Å². The Bertz CT molecular complexity index is 796. The summed E-state index contributed by atoms with van der Waals surface area (Å²) in [5.74, 6) is 0. The van der Waals surface area contributed by atoms with E-state index in [2.05, 4.69) is 4.98 Å². The number of hydrogen-bond donors (Lipinski definition) is 1. The first-order valence-electron chi connectivity index (χ1n) is 7.01. The molecular weight excluding hydrogens is 286 g/mol. The Morgan fingerprint density at radius 3 is 2.71 bits per heavy atom. The summed E-state index contributed by atoms with van der Waals surface area (Å²) in [6.07, 6.45) is 2.45. The zero-order valence-electron chi connectivity index (χ0n) is 12.2. The van der Waals surface area contributed by atoms with Crippen LogP contribution in [0.1, 0.15) is 18.9 Å². The van der Waals surface area contributed by atoms with Crippen LogP contribution in [-0.2, 0) is 10.0 Å². The molecule has 3 rings (SSSR count). The highest BCUT2D eigenvalue weighted by molar-refractivity contribution is 7.89. The van der Waals surface area contributed by atoms with Crippen LogP contribution < -0.4 is 5.73 Å². The average Bonchev–Trinajstić information content (AvgIpc) is 2.44. The molecule has 5 nitrogen and oxygen atoms in total. The largest absolute Gasteiger partial charge is 0.323 e. The molecule has 0 spiro atoms. The highest BCUT2D eigenvalue weighted by atomic mass is 32.2. The van der Waals surface area contributed by atoms with Crippen molar-refractivity contribution in [2.24, 2.45) is 5.73 Å². The minimum absolute atomic E-state index is 0.314. The first-order valence-corrected chi connectivity index (χ1v) is 8.45. The van der Waals surface area contributed by atoms with Crippen LogP contribution in [0.25, 0.3) is 10.9 Å². The lowest BCUT2D eigenvalue weighted by atomic mass is 9.91. The fourth-order valence-electron chi connectivity index (χ4n) is 2.70. The molecule has 1 saturated heterocycles. The van der Waals surface area contributed by atoms with E-state index in [9.17, 15) is 8.42 Å². The summed E-state index contributed by atoms with van der Waals surface area (Å²) in [6, 6.07) is 7.03. The highest BCUT2D eigenvalue weighted by Gasteiger charge is 2.44. The number of aryl methyl sites for hydroxylation is 1. The lowest BCUT2D eigenvalue weighted by Crippen LogP contribution is -2.68. The fraction of sp³-hybridized carbons (Fsp3) is 0.400. The van der Waals surface area contributed by atoms with Crippen molar-refractivity contribution in [3.63, 3.8) is 0 Å².